The average molecular weight is 431 g/mol. The van der Waals surface area contributed by atoms with Crippen molar-refractivity contribution >= 4 is 23.4 Å². The first kappa shape index (κ1) is 20.4. The van der Waals surface area contributed by atoms with Gasteiger partial charge in [0.15, 0.2) is 0 Å². The molecule has 4 rings (SSSR count). The van der Waals surface area contributed by atoms with Crippen LogP contribution in [0.2, 0.25) is 0 Å². The summed E-state index contributed by atoms with van der Waals surface area (Å²) in [5.74, 6) is -0.331. The average Bonchev–Trinajstić information content (AvgIpc) is 3.10. The topological polar surface area (TPSA) is 87.3 Å². The lowest BCUT2D eigenvalue weighted by Crippen LogP contribution is -2.12. The highest BCUT2D eigenvalue weighted by atomic mass is 32.2. The molecule has 3 aromatic carbocycles. The van der Waals surface area contributed by atoms with E-state index in [9.17, 15) is 14.9 Å². The molecule has 0 saturated heterocycles. The summed E-state index contributed by atoms with van der Waals surface area (Å²) in [4.78, 5) is 24.8. The van der Waals surface area contributed by atoms with Gasteiger partial charge in [0.1, 0.15) is 0 Å². The minimum absolute atomic E-state index is 0.0281. The van der Waals surface area contributed by atoms with Crippen molar-refractivity contribution in [3.63, 3.8) is 0 Å². The number of rotatable bonds is 6. The summed E-state index contributed by atoms with van der Waals surface area (Å²) in [5, 5.41) is 16.0. The van der Waals surface area contributed by atoms with Gasteiger partial charge in [-0.15, -0.1) is 0 Å². The molecule has 0 aliphatic heterocycles. The Labute approximate surface area is 182 Å². The number of ether oxygens (including phenoxy) is 1. The minimum Gasteiger partial charge on any atom is -0.402 e. The molecule has 0 amide bonds. The van der Waals surface area contributed by atoms with Crippen molar-refractivity contribution in [3.8, 4) is 11.6 Å². The third kappa shape index (κ3) is 4.34. The third-order valence-electron chi connectivity index (χ3n) is 4.44. The summed E-state index contributed by atoms with van der Waals surface area (Å²) in [6.45, 7) is 1.77. The number of aromatic nitrogens is 2. The van der Waals surface area contributed by atoms with Crippen molar-refractivity contribution < 1.29 is 14.5 Å². The number of hydrogen-bond acceptors (Lipinski definition) is 6. The Balaban J connectivity index is 1.81. The van der Waals surface area contributed by atoms with Crippen LogP contribution in [-0.4, -0.2) is 20.7 Å². The van der Waals surface area contributed by atoms with Crippen molar-refractivity contribution in [1.82, 2.24) is 9.78 Å². The van der Waals surface area contributed by atoms with E-state index in [1.807, 2.05) is 36.4 Å². The van der Waals surface area contributed by atoms with E-state index >= 15 is 0 Å². The largest absolute Gasteiger partial charge is 0.402 e. The van der Waals surface area contributed by atoms with Gasteiger partial charge in [-0.05, 0) is 37.3 Å². The van der Waals surface area contributed by atoms with Crippen molar-refractivity contribution in [2.45, 2.75) is 16.7 Å². The molecule has 1 aromatic heterocycles. The van der Waals surface area contributed by atoms with E-state index in [1.165, 1.54) is 10.7 Å². The zero-order chi connectivity index (χ0) is 21.8. The number of para-hydroxylation sites is 2. The predicted octanol–water partition coefficient (Wildman–Crippen LogP) is 5.46. The number of nitro benzene ring substituents is 1. The summed E-state index contributed by atoms with van der Waals surface area (Å²) in [6.07, 6.45) is 0. The Morgan fingerprint density at radius 3 is 2.26 bits per heavy atom. The monoisotopic (exact) mass is 431 g/mol. The van der Waals surface area contributed by atoms with Gasteiger partial charge in [0, 0.05) is 6.07 Å². The van der Waals surface area contributed by atoms with E-state index in [0.29, 0.717) is 26.7 Å². The van der Waals surface area contributed by atoms with Gasteiger partial charge in [0.05, 0.1) is 31.7 Å². The van der Waals surface area contributed by atoms with Crippen LogP contribution >= 0.6 is 11.8 Å². The van der Waals surface area contributed by atoms with Crippen molar-refractivity contribution in [1.29, 1.82) is 0 Å². The number of carbonyl (C=O) groups is 1. The van der Waals surface area contributed by atoms with Gasteiger partial charge in [-0.1, -0.05) is 60.3 Å². The standard InChI is InChI=1S/C23H17N3O4S/c1-16-21(31-20-15-9-8-14-19(20)26(28)29)22(25(24-16)18-12-6-3-7-13-18)30-23(27)17-10-4-2-5-11-17/h2-15H,1H3. The second-order valence-corrected chi connectivity index (χ2v) is 7.60. The molecule has 1 heterocycles. The smallest absolute Gasteiger partial charge is 0.344 e. The van der Waals surface area contributed by atoms with E-state index in [4.69, 9.17) is 4.74 Å². The fourth-order valence-corrected chi connectivity index (χ4v) is 3.99. The third-order valence-corrected chi connectivity index (χ3v) is 5.68. The Hall–Kier alpha value is -3.91. The highest BCUT2D eigenvalue weighted by molar-refractivity contribution is 7.99. The molecular formula is C23H17N3O4S. The Morgan fingerprint density at radius 1 is 0.968 bits per heavy atom. The highest BCUT2D eigenvalue weighted by Gasteiger charge is 2.25. The summed E-state index contributed by atoms with van der Waals surface area (Å²) < 4.78 is 7.32. The molecule has 0 saturated carbocycles. The van der Waals surface area contributed by atoms with Gasteiger partial charge < -0.3 is 4.74 Å². The van der Waals surface area contributed by atoms with Gasteiger partial charge in [0.2, 0.25) is 5.88 Å². The van der Waals surface area contributed by atoms with E-state index in [0.717, 1.165) is 11.8 Å². The quantitative estimate of drug-likeness (QED) is 0.229. The van der Waals surface area contributed by atoms with Crippen molar-refractivity contribution in [3.05, 3.63) is 106 Å². The summed E-state index contributed by atoms with van der Waals surface area (Å²) in [5.41, 5.74) is 1.65. The van der Waals surface area contributed by atoms with Gasteiger partial charge >= 0.3 is 5.97 Å². The maximum atomic E-state index is 12.8. The van der Waals surface area contributed by atoms with Crippen LogP contribution in [0, 0.1) is 17.0 Å². The number of nitro groups is 1. The van der Waals surface area contributed by atoms with E-state index in [2.05, 4.69) is 5.10 Å². The molecule has 0 bridgehead atoms. The maximum Gasteiger partial charge on any atom is 0.344 e. The fraction of sp³-hybridized carbons (Fsp3) is 0.0435. The number of hydrogen-bond donors (Lipinski definition) is 0. The summed E-state index contributed by atoms with van der Waals surface area (Å²) in [6, 6.07) is 24.3. The van der Waals surface area contributed by atoms with Crippen LogP contribution < -0.4 is 4.74 Å². The minimum atomic E-state index is -0.540. The fourth-order valence-electron chi connectivity index (χ4n) is 2.97. The van der Waals surface area contributed by atoms with Crippen molar-refractivity contribution in [2.75, 3.05) is 0 Å². The number of carbonyl (C=O) groups excluding carboxylic acids is 1. The first-order valence-corrected chi connectivity index (χ1v) is 10.2. The molecule has 0 fully saturated rings. The Morgan fingerprint density at radius 2 is 1.58 bits per heavy atom. The van der Waals surface area contributed by atoms with Crippen molar-refractivity contribution in [2.24, 2.45) is 0 Å². The molecule has 7 nitrogen and oxygen atoms in total. The van der Waals surface area contributed by atoms with Crippen LogP contribution in [0.15, 0.2) is 94.7 Å². The molecule has 31 heavy (non-hydrogen) atoms. The molecule has 4 aromatic rings. The molecule has 0 radical (unpaired) electrons. The number of esters is 1. The van der Waals surface area contributed by atoms with E-state index in [-0.39, 0.29) is 11.6 Å². The molecule has 0 spiro atoms. The molecule has 0 aliphatic carbocycles. The SMILES string of the molecule is Cc1nn(-c2ccccc2)c(OC(=O)c2ccccc2)c1Sc1ccccc1[N+](=O)[O-]. The van der Waals surface area contributed by atoms with Crippen LogP contribution in [0.25, 0.3) is 5.69 Å². The van der Waals surface area contributed by atoms with E-state index in [1.54, 1.807) is 49.4 Å². The zero-order valence-electron chi connectivity index (χ0n) is 16.5. The highest BCUT2D eigenvalue weighted by Crippen LogP contribution is 2.42. The van der Waals surface area contributed by atoms with Crippen LogP contribution in [-0.2, 0) is 0 Å². The number of nitrogens with zero attached hydrogens (tertiary/aromatic N) is 3. The Bertz CT molecular complexity index is 1240. The molecule has 8 heteroatoms. The van der Waals surface area contributed by atoms with Crippen LogP contribution in [0.4, 0.5) is 5.69 Å². The summed E-state index contributed by atoms with van der Waals surface area (Å²) in [7, 11) is 0. The second-order valence-electron chi connectivity index (χ2n) is 6.55. The molecule has 0 atom stereocenters. The molecule has 0 unspecified atom stereocenters. The molecule has 0 aliphatic rings. The molecular weight excluding hydrogens is 414 g/mol. The van der Waals surface area contributed by atoms with Gasteiger partial charge in [-0.3, -0.25) is 10.1 Å². The number of benzene rings is 3. The van der Waals surface area contributed by atoms with Crippen LogP contribution in [0.5, 0.6) is 5.88 Å². The second kappa shape index (κ2) is 8.85. The zero-order valence-corrected chi connectivity index (χ0v) is 17.3. The maximum absolute atomic E-state index is 12.8. The predicted molar refractivity (Wildman–Crippen MR) is 117 cm³/mol. The molecule has 154 valence electrons. The normalized spacial score (nSPS) is 10.6. The number of aryl methyl sites for hydroxylation is 1. The van der Waals surface area contributed by atoms with Crippen LogP contribution in [0.1, 0.15) is 16.1 Å². The Kier molecular flexibility index (Phi) is 5.81. The first-order valence-electron chi connectivity index (χ1n) is 9.38. The van der Waals surface area contributed by atoms with Gasteiger partial charge in [-0.25, -0.2) is 4.79 Å². The van der Waals surface area contributed by atoms with Crippen LogP contribution in [0.3, 0.4) is 0 Å². The lowest BCUT2D eigenvalue weighted by Gasteiger charge is -2.10. The van der Waals surface area contributed by atoms with E-state index < -0.39 is 10.9 Å². The molecule has 0 N–H and O–H groups in total. The van der Waals surface area contributed by atoms with Gasteiger partial charge in [0.25, 0.3) is 5.69 Å². The van der Waals surface area contributed by atoms with Gasteiger partial charge in [-0.2, -0.15) is 9.78 Å². The lowest BCUT2D eigenvalue weighted by molar-refractivity contribution is -0.387. The summed E-state index contributed by atoms with van der Waals surface area (Å²) >= 11 is 1.15. The lowest BCUT2D eigenvalue weighted by atomic mass is 10.2. The first-order chi connectivity index (χ1) is 15.0.